The second-order valence-corrected chi connectivity index (χ2v) is 10.8. The minimum absolute atomic E-state index is 0.354. The number of hydrogen-bond donors (Lipinski definition) is 1. The van der Waals surface area contributed by atoms with Gasteiger partial charge in [-0.05, 0) is 36.8 Å². The SMILES string of the molecule is C[C@@H](Oc1ccc(N(C)S(C)(=O)=O)cc1)C(=O)Nc1nnc(SCc2ccccc2)s1. The monoisotopic (exact) mass is 478 g/mol. The fourth-order valence-corrected chi connectivity index (χ4v) is 4.64. The van der Waals surface area contributed by atoms with Crippen molar-refractivity contribution in [2.75, 3.05) is 22.9 Å². The van der Waals surface area contributed by atoms with E-state index in [0.29, 0.717) is 16.6 Å². The summed E-state index contributed by atoms with van der Waals surface area (Å²) in [6.45, 7) is 1.62. The van der Waals surface area contributed by atoms with Crippen LogP contribution in [0.2, 0.25) is 0 Å². The van der Waals surface area contributed by atoms with Crippen LogP contribution in [-0.2, 0) is 20.6 Å². The maximum atomic E-state index is 12.4. The lowest BCUT2D eigenvalue weighted by Gasteiger charge is -2.18. The van der Waals surface area contributed by atoms with E-state index in [2.05, 4.69) is 15.5 Å². The van der Waals surface area contributed by atoms with E-state index in [0.717, 1.165) is 20.7 Å². The van der Waals surface area contributed by atoms with E-state index in [1.54, 1.807) is 43.0 Å². The molecule has 0 saturated heterocycles. The van der Waals surface area contributed by atoms with Gasteiger partial charge in [-0.3, -0.25) is 14.4 Å². The average Bonchev–Trinajstić information content (AvgIpc) is 3.19. The largest absolute Gasteiger partial charge is 0.481 e. The third kappa shape index (κ3) is 6.68. The van der Waals surface area contributed by atoms with E-state index in [9.17, 15) is 13.2 Å². The lowest BCUT2D eigenvalue weighted by molar-refractivity contribution is -0.122. The van der Waals surface area contributed by atoms with Crippen LogP contribution in [-0.4, -0.2) is 43.9 Å². The summed E-state index contributed by atoms with van der Waals surface area (Å²) in [6.07, 6.45) is 0.353. The second kappa shape index (κ2) is 10.1. The van der Waals surface area contributed by atoms with Crippen molar-refractivity contribution in [1.29, 1.82) is 0 Å². The van der Waals surface area contributed by atoms with Crippen molar-refractivity contribution in [1.82, 2.24) is 10.2 Å². The van der Waals surface area contributed by atoms with Gasteiger partial charge in [-0.2, -0.15) is 0 Å². The third-order valence-corrected chi connectivity index (χ3v) is 7.47. The van der Waals surface area contributed by atoms with Crippen LogP contribution in [0.3, 0.4) is 0 Å². The maximum Gasteiger partial charge on any atom is 0.266 e. The summed E-state index contributed by atoms with van der Waals surface area (Å²) in [4.78, 5) is 12.4. The number of carbonyl (C=O) groups is 1. The quantitative estimate of drug-likeness (QED) is 0.370. The summed E-state index contributed by atoms with van der Waals surface area (Å²) in [6, 6.07) is 16.5. The lowest BCUT2D eigenvalue weighted by atomic mass is 10.2. The molecule has 0 saturated carbocycles. The Morgan fingerprint density at radius 2 is 1.84 bits per heavy atom. The highest BCUT2D eigenvalue weighted by Crippen LogP contribution is 2.28. The molecule has 0 unspecified atom stereocenters. The number of anilines is 2. The molecule has 8 nitrogen and oxygen atoms in total. The fourth-order valence-electron chi connectivity index (χ4n) is 2.43. The summed E-state index contributed by atoms with van der Waals surface area (Å²) < 4.78 is 30.8. The molecule has 0 aliphatic heterocycles. The normalized spacial score (nSPS) is 12.2. The van der Waals surface area contributed by atoms with Gasteiger partial charge in [0.1, 0.15) is 5.75 Å². The second-order valence-electron chi connectivity index (χ2n) is 6.62. The first kappa shape index (κ1) is 23.0. The Morgan fingerprint density at radius 3 is 2.48 bits per heavy atom. The Morgan fingerprint density at radius 1 is 1.16 bits per heavy atom. The number of ether oxygens (including phenoxy) is 1. The maximum absolute atomic E-state index is 12.4. The van der Waals surface area contributed by atoms with Crippen LogP contribution in [0.1, 0.15) is 12.5 Å². The van der Waals surface area contributed by atoms with Crippen LogP contribution in [0.25, 0.3) is 0 Å². The molecule has 0 bridgehead atoms. The molecule has 1 amide bonds. The summed E-state index contributed by atoms with van der Waals surface area (Å²) in [5.74, 6) is 0.866. The Labute approximate surface area is 189 Å². The molecule has 0 aliphatic carbocycles. The van der Waals surface area contributed by atoms with Crippen LogP contribution >= 0.6 is 23.1 Å². The van der Waals surface area contributed by atoms with Gasteiger partial charge in [0.15, 0.2) is 10.4 Å². The summed E-state index contributed by atoms with van der Waals surface area (Å²) in [7, 11) is -1.88. The van der Waals surface area contributed by atoms with Crippen molar-refractivity contribution in [3.8, 4) is 5.75 Å². The van der Waals surface area contributed by atoms with Crippen molar-refractivity contribution in [3.05, 3.63) is 60.2 Å². The van der Waals surface area contributed by atoms with E-state index in [4.69, 9.17) is 4.74 Å². The molecular formula is C20H22N4O4S3. The molecule has 0 spiro atoms. The number of aromatic nitrogens is 2. The predicted octanol–water partition coefficient (Wildman–Crippen LogP) is 3.63. The zero-order valence-electron chi connectivity index (χ0n) is 17.2. The van der Waals surface area contributed by atoms with E-state index < -0.39 is 16.1 Å². The van der Waals surface area contributed by atoms with E-state index >= 15 is 0 Å². The highest BCUT2D eigenvalue weighted by molar-refractivity contribution is 8.00. The number of benzene rings is 2. The molecule has 3 aromatic rings. The average molecular weight is 479 g/mol. The number of nitrogens with zero attached hydrogens (tertiary/aromatic N) is 3. The number of carbonyl (C=O) groups excluding carboxylic acids is 1. The molecule has 1 N–H and O–H groups in total. The van der Waals surface area contributed by atoms with Crippen LogP contribution in [0.4, 0.5) is 10.8 Å². The first-order valence-electron chi connectivity index (χ1n) is 9.24. The van der Waals surface area contributed by atoms with Gasteiger partial charge in [0, 0.05) is 12.8 Å². The Balaban J connectivity index is 1.52. The van der Waals surface area contributed by atoms with Crippen LogP contribution in [0, 0.1) is 0 Å². The Hall–Kier alpha value is -2.63. The number of sulfonamides is 1. The van der Waals surface area contributed by atoms with Gasteiger partial charge in [-0.25, -0.2) is 8.42 Å². The lowest BCUT2D eigenvalue weighted by Crippen LogP contribution is -2.30. The predicted molar refractivity (Wildman–Crippen MR) is 124 cm³/mol. The number of hydrogen-bond acceptors (Lipinski definition) is 8. The first-order chi connectivity index (χ1) is 14.7. The van der Waals surface area contributed by atoms with Gasteiger partial charge >= 0.3 is 0 Å². The molecule has 0 fully saturated rings. The van der Waals surface area contributed by atoms with Gasteiger partial charge in [0.2, 0.25) is 15.2 Å². The minimum atomic E-state index is -3.34. The first-order valence-corrected chi connectivity index (χ1v) is 12.9. The van der Waals surface area contributed by atoms with E-state index in [1.165, 1.54) is 23.9 Å². The zero-order valence-corrected chi connectivity index (χ0v) is 19.6. The number of nitrogens with one attached hydrogen (secondary N) is 1. The summed E-state index contributed by atoms with van der Waals surface area (Å²) in [5.41, 5.74) is 1.69. The van der Waals surface area contributed by atoms with Gasteiger partial charge in [-0.1, -0.05) is 53.4 Å². The molecule has 2 aromatic carbocycles. The number of rotatable bonds is 9. The Bertz CT molecular complexity index is 1120. The molecule has 1 heterocycles. The topological polar surface area (TPSA) is 101 Å². The van der Waals surface area contributed by atoms with Crippen molar-refractivity contribution in [3.63, 3.8) is 0 Å². The van der Waals surface area contributed by atoms with Gasteiger partial charge in [-0.15, -0.1) is 10.2 Å². The van der Waals surface area contributed by atoms with Crippen LogP contribution in [0.15, 0.2) is 58.9 Å². The number of amides is 1. The molecule has 0 radical (unpaired) electrons. The van der Waals surface area contributed by atoms with Crippen molar-refractivity contribution < 1.29 is 17.9 Å². The standard InChI is InChI=1S/C20H22N4O4S3/c1-14(28-17-11-9-16(10-12-17)24(2)31(3,26)27)18(25)21-19-22-23-20(30-19)29-13-15-7-5-4-6-8-15/h4-12,14H,13H2,1-3H3,(H,21,22,25)/t14-/m1/s1. The molecular weight excluding hydrogens is 456 g/mol. The van der Waals surface area contributed by atoms with Gasteiger partial charge in [0.05, 0.1) is 11.9 Å². The minimum Gasteiger partial charge on any atom is -0.481 e. The van der Waals surface area contributed by atoms with Crippen molar-refractivity contribution in [2.45, 2.75) is 23.1 Å². The fraction of sp³-hybridized carbons (Fsp3) is 0.250. The molecule has 3 rings (SSSR count). The van der Waals surface area contributed by atoms with Crippen LogP contribution in [0.5, 0.6) is 5.75 Å². The summed E-state index contributed by atoms with van der Waals surface area (Å²) in [5, 5.41) is 11.2. The summed E-state index contributed by atoms with van der Waals surface area (Å²) >= 11 is 2.86. The molecule has 1 aromatic heterocycles. The van der Waals surface area contributed by atoms with Crippen molar-refractivity contribution >= 4 is 49.8 Å². The highest BCUT2D eigenvalue weighted by Gasteiger charge is 2.18. The van der Waals surface area contributed by atoms with Crippen molar-refractivity contribution in [2.24, 2.45) is 0 Å². The smallest absolute Gasteiger partial charge is 0.266 e. The molecule has 1 atom stereocenters. The molecule has 11 heteroatoms. The van der Waals surface area contributed by atoms with E-state index in [-0.39, 0.29) is 5.91 Å². The molecule has 31 heavy (non-hydrogen) atoms. The zero-order chi connectivity index (χ0) is 22.4. The van der Waals surface area contributed by atoms with Gasteiger partial charge < -0.3 is 4.74 Å². The van der Waals surface area contributed by atoms with Crippen LogP contribution < -0.4 is 14.4 Å². The third-order valence-electron chi connectivity index (χ3n) is 4.22. The Kier molecular flexibility index (Phi) is 7.52. The van der Waals surface area contributed by atoms with Gasteiger partial charge in [0.25, 0.3) is 5.91 Å². The highest BCUT2D eigenvalue weighted by atomic mass is 32.2. The number of thioether (sulfide) groups is 1. The molecule has 0 aliphatic rings. The van der Waals surface area contributed by atoms with E-state index in [1.807, 2.05) is 30.3 Å². The molecule has 164 valence electrons.